The van der Waals surface area contributed by atoms with Crippen LogP contribution < -0.4 is 19.6 Å². The molecule has 0 aliphatic carbocycles. The maximum atomic E-state index is 12.2. The summed E-state index contributed by atoms with van der Waals surface area (Å²) in [6, 6.07) is 1.30. The van der Waals surface area contributed by atoms with Crippen LogP contribution in [0.3, 0.4) is 0 Å². The molecule has 0 amide bonds. The summed E-state index contributed by atoms with van der Waals surface area (Å²) < 4.78 is 20.8. The summed E-state index contributed by atoms with van der Waals surface area (Å²) in [6.45, 7) is 1.59. The molecule has 0 fully saturated rings. The molecule has 1 N–H and O–H groups in total. The zero-order valence-electron chi connectivity index (χ0n) is 11.1. The van der Waals surface area contributed by atoms with Crippen LogP contribution in [-0.4, -0.2) is 26.4 Å². The largest absolute Gasteiger partial charge is 0.507 e. The van der Waals surface area contributed by atoms with Crippen molar-refractivity contribution in [3.8, 4) is 23.0 Å². The van der Waals surface area contributed by atoms with Crippen LogP contribution >= 0.6 is 0 Å². The van der Waals surface area contributed by atoms with Crippen LogP contribution in [-0.2, 0) is 0 Å². The van der Waals surface area contributed by atoms with Gasteiger partial charge in [-0.1, -0.05) is 0 Å². The molecule has 102 valence electrons. The van der Waals surface area contributed by atoms with E-state index in [-0.39, 0.29) is 34.0 Å². The monoisotopic (exact) mass is 266 g/mol. The van der Waals surface area contributed by atoms with Crippen LogP contribution in [0, 0.1) is 6.92 Å². The number of methoxy groups -OCH3 is 3. The molecule has 0 saturated carbocycles. The third-order valence-electron chi connectivity index (χ3n) is 2.82. The first kappa shape index (κ1) is 13.1. The van der Waals surface area contributed by atoms with E-state index in [0.717, 1.165) is 0 Å². The van der Waals surface area contributed by atoms with Gasteiger partial charge in [0.15, 0.2) is 11.3 Å². The Kier molecular flexibility index (Phi) is 3.25. The molecule has 0 radical (unpaired) electrons. The van der Waals surface area contributed by atoms with Gasteiger partial charge in [0, 0.05) is 6.07 Å². The maximum absolute atomic E-state index is 12.2. The second-order valence-corrected chi connectivity index (χ2v) is 3.86. The minimum absolute atomic E-state index is 0.0000926. The predicted octanol–water partition coefficient (Wildman–Crippen LogP) is 1.83. The first-order chi connectivity index (χ1) is 9.04. The molecule has 0 aliphatic rings. The highest BCUT2D eigenvalue weighted by atomic mass is 16.5. The zero-order valence-corrected chi connectivity index (χ0v) is 11.1. The van der Waals surface area contributed by atoms with Gasteiger partial charge in [0.2, 0.25) is 16.9 Å². The van der Waals surface area contributed by atoms with Gasteiger partial charge in [-0.2, -0.15) is 0 Å². The number of phenolic OH excluding ortho intramolecular Hbond substituents is 1. The molecule has 6 heteroatoms. The number of hydrogen-bond donors (Lipinski definition) is 1. The normalized spacial score (nSPS) is 10.5. The van der Waals surface area contributed by atoms with Crippen LogP contribution in [0.15, 0.2) is 15.3 Å². The van der Waals surface area contributed by atoms with Gasteiger partial charge in [0.1, 0.15) is 16.9 Å². The van der Waals surface area contributed by atoms with Gasteiger partial charge in [0.25, 0.3) is 0 Å². The molecule has 0 unspecified atom stereocenters. The Hall–Kier alpha value is -2.37. The van der Waals surface area contributed by atoms with Gasteiger partial charge in [-0.15, -0.1) is 0 Å². The maximum Gasteiger partial charge on any atom is 0.238 e. The van der Waals surface area contributed by atoms with Crippen molar-refractivity contribution >= 4 is 11.0 Å². The Morgan fingerprint density at radius 1 is 1.11 bits per heavy atom. The number of benzene rings is 1. The lowest BCUT2D eigenvalue weighted by Gasteiger charge is -2.12. The molecule has 1 aromatic carbocycles. The van der Waals surface area contributed by atoms with Crippen LogP contribution in [0.1, 0.15) is 5.76 Å². The first-order valence-corrected chi connectivity index (χ1v) is 5.50. The standard InChI is InChI=1S/C13H14O6/c1-6-11(17-3)10(15)9-7(14)5-8(16-2)12(18-4)13(9)19-6/h5,14H,1-4H3. The summed E-state index contributed by atoms with van der Waals surface area (Å²) >= 11 is 0. The third kappa shape index (κ3) is 1.85. The van der Waals surface area contributed by atoms with Gasteiger partial charge in [-0.25, -0.2) is 0 Å². The second kappa shape index (κ2) is 4.72. The zero-order chi connectivity index (χ0) is 14.2. The number of aromatic hydroxyl groups is 1. The van der Waals surface area contributed by atoms with E-state index in [1.54, 1.807) is 6.92 Å². The SMILES string of the molecule is COc1cc(O)c2c(=O)c(OC)c(C)oc2c1OC. The van der Waals surface area contributed by atoms with Gasteiger partial charge >= 0.3 is 0 Å². The quantitative estimate of drug-likeness (QED) is 0.913. The minimum Gasteiger partial charge on any atom is -0.507 e. The molecule has 0 atom stereocenters. The number of fused-ring (bicyclic) bond motifs is 1. The van der Waals surface area contributed by atoms with Crippen LogP contribution in [0.25, 0.3) is 11.0 Å². The highest BCUT2D eigenvalue weighted by molar-refractivity contribution is 5.91. The van der Waals surface area contributed by atoms with Gasteiger partial charge in [-0.3, -0.25) is 4.79 Å². The van der Waals surface area contributed by atoms with Crippen molar-refractivity contribution in [2.45, 2.75) is 6.92 Å². The minimum atomic E-state index is -0.459. The van der Waals surface area contributed by atoms with E-state index in [0.29, 0.717) is 5.76 Å². The van der Waals surface area contributed by atoms with Crippen molar-refractivity contribution in [2.75, 3.05) is 21.3 Å². The molecule has 19 heavy (non-hydrogen) atoms. The first-order valence-electron chi connectivity index (χ1n) is 5.50. The van der Waals surface area contributed by atoms with Crippen LogP contribution in [0.4, 0.5) is 0 Å². The van der Waals surface area contributed by atoms with E-state index in [1.165, 1.54) is 27.4 Å². The fourth-order valence-corrected chi connectivity index (χ4v) is 1.97. The number of hydrogen-bond acceptors (Lipinski definition) is 6. The molecule has 0 spiro atoms. The van der Waals surface area contributed by atoms with Crippen LogP contribution in [0.5, 0.6) is 23.0 Å². The Morgan fingerprint density at radius 2 is 1.74 bits per heavy atom. The second-order valence-electron chi connectivity index (χ2n) is 3.86. The van der Waals surface area contributed by atoms with E-state index in [4.69, 9.17) is 18.6 Å². The van der Waals surface area contributed by atoms with Crippen molar-refractivity contribution in [3.63, 3.8) is 0 Å². The molecular weight excluding hydrogens is 252 g/mol. The smallest absolute Gasteiger partial charge is 0.238 e. The summed E-state index contributed by atoms with van der Waals surface area (Å²) in [7, 11) is 4.22. The molecule has 6 nitrogen and oxygen atoms in total. The average molecular weight is 266 g/mol. The Labute approximate surface area is 109 Å². The van der Waals surface area contributed by atoms with Crippen molar-refractivity contribution < 1.29 is 23.7 Å². The Morgan fingerprint density at radius 3 is 2.26 bits per heavy atom. The molecule has 1 heterocycles. The van der Waals surface area contributed by atoms with Crippen molar-refractivity contribution in [2.24, 2.45) is 0 Å². The molecule has 2 aromatic rings. The van der Waals surface area contributed by atoms with Gasteiger partial charge in [0.05, 0.1) is 21.3 Å². The van der Waals surface area contributed by atoms with E-state index in [2.05, 4.69) is 0 Å². The summed E-state index contributed by atoms with van der Waals surface area (Å²) in [4.78, 5) is 12.2. The molecule has 1 aromatic heterocycles. The lowest BCUT2D eigenvalue weighted by Crippen LogP contribution is -2.08. The Balaban J connectivity index is 3.02. The summed E-state index contributed by atoms with van der Waals surface area (Å²) in [6.07, 6.45) is 0. The highest BCUT2D eigenvalue weighted by Crippen LogP contribution is 2.40. The average Bonchev–Trinajstić information content (AvgIpc) is 2.38. The molecule has 2 rings (SSSR count). The van der Waals surface area contributed by atoms with Crippen molar-refractivity contribution in [3.05, 3.63) is 22.0 Å². The van der Waals surface area contributed by atoms with Gasteiger partial charge < -0.3 is 23.7 Å². The van der Waals surface area contributed by atoms with E-state index < -0.39 is 5.43 Å². The third-order valence-corrected chi connectivity index (χ3v) is 2.82. The van der Waals surface area contributed by atoms with Crippen LogP contribution in [0.2, 0.25) is 0 Å². The highest BCUT2D eigenvalue weighted by Gasteiger charge is 2.22. The number of phenols is 1. The number of ether oxygens (including phenoxy) is 3. The summed E-state index contributed by atoms with van der Waals surface area (Å²) in [5, 5.41) is 9.94. The summed E-state index contributed by atoms with van der Waals surface area (Å²) in [5.74, 6) is 0.624. The van der Waals surface area contributed by atoms with Crippen molar-refractivity contribution in [1.82, 2.24) is 0 Å². The van der Waals surface area contributed by atoms with Gasteiger partial charge in [-0.05, 0) is 6.92 Å². The Bertz CT molecular complexity index is 686. The molecular formula is C13H14O6. The van der Waals surface area contributed by atoms with E-state index in [9.17, 15) is 9.90 Å². The lowest BCUT2D eigenvalue weighted by atomic mass is 10.1. The lowest BCUT2D eigenvalue weighted by molar-refractivity contribution is 0.345. The summed E-state index contributed by atoms with van der Waals surface area (Å²) in [5.41, 5.74) is -0.331. The molecule has 0 bridgehead atoms. The fraction of sp³-hybridized carbons (Fsp3) is 0.308. The number of rotatable bonds is 3. The molecule has 0 saturated heterocycles. The van der Waals surface area contributed by atoms with Crippen molar-refractivity contribution in [1.29, 1.82) is 0 Å². The number of aryl methyl sites for hydroxylation is 1. The molecule has 0 aliphatic heterocycles. The van der Waals surface area contributed by atoms with E-state index in [1.807, 2.05) is 0 Å². The fourth-order valence-electron chi connectivity index (χ4n) is 1.97. The predicted molar refractivity (Wildman–Crippen MR) is 68.5 cm³/mol. The van der Waals surface area contributed by atoms with E-state index >= 15 is 0 Å². The topological polar surface area (TPSA) is 78.1 Å².